The maximum absolute atomic E-state index is 13.3. The van der Waals surface area contributed by atoms with Crippen LogP contribution < -0.4 is 9.64 Å². The first-order chi connectivity index (χ1) is 14.6. The van der Waals surface area contributed by atoms with E-state index in [2.05, 4.69) is 0 Å². The van der Waals surface area contributed by atoms with Crippen molar-refractivity contribution in [3.63, 3.8) is 0 Å². The Morgan fingerprint density at radius 2 is 1.87 bits per heavy atom. The minimum absolute atomic E-state index is 0.0126. The Balaban J connectivity index is 1.80. The lowest BCUT2D eigenvalue weighted by molar-refractivity contribution is -0.140. The molecule has 8 heteroatoms. The highest BCUT2D eigenvalue weighted by Crippen LogP contribution is 2.25. The van der Waals surface area contributed by atoms with Crippen LogP contribution in [0.5, 0.6) is 5.75 Å². The molecule has 0 aromatic heterocycles. The Labute approximate surface area is 189 Å². The van der Waals surface area contributed by atoms with Crippen molar-refractivity contribution in [1.82, 2.24) is 4.90 Å². The smallest absolute Gasteiger partial charge is 0.263 e. The molecular formula is C23H29ClN2O4S. The van der Waals surface area contributed by atoms with Crippen molar-refractivity contribution in [3.8, 4) is 5.75 Å². The Morgan fingerprint density at radius 3 is 2.42 bits per heavy atom. The number of nitrogens with zero attached hydrogens (tertiary/aromatic N) is 2. The summed E-state index contributed by atoms with van der Waals surface area (Å²) in [6, 6.07) is 12.8. The predicted octanol–water partition coefficient (Wildman–Crippen LogP) is 3.70. The largest absolute Gasteiger partial charge is 0.481 e. The summed E-state index contributed by atoms with van der Waals surface area (Å²) in [7, 11) is 0.793. The molecule has 2 atom stereocenters. The number of amides is 1. The summed E-state index contributed by atoms with van der Waals surface area (Å²) in [5.74, 6) is 0.414. The third kappa shape index (κ3) is 5.92. The van der Waals surface area contributed by atoms with Gasteiger partial charge in [-0.05, 0) is 61.7 Å². The second kappa shape index (κ2) is 9.49. The highest BCUT2D eigenvalue weighted by atomic mass is 35.5. The molecule has 168 valence electrons. The van der Waals surface area contributed by atoms with E-state index in [1.165, 1.54) is 0 Å². The molecule has 1 aliphatic heterocycles. The normalized spacial score (nSPS) is 18.4. The first kappa shape index (κ1) is 23.4. The van der Waals surface area contributed by atoms with Crippen LogP contribution in [0.1, 0.15) is 24.5 Å². The van der Waals surface area contributed by atoms with Gasteiger partial charge < -0.3 is 14.5 Å². The van der Waals surface area contributed by atoms with Crippen LogP contribution >= 0.6 is 11.6 Å². The van der Waals surface area contributed by atoms with Crippen molar-refractivity contribution in [3.05, 3.63) is 58.6 Å². The summed E-state index contributed by atoms with van der Waals surface area (Å²) >= 11 is 6.07. The molecule has 31 heavy (non-hydrogen) atoms. The lowest BCUT2D eigenvalue weighted by Gasteiger charge is -2.31. The zero-order chi connectivity index (χ0) is 22.8. The van der Waals surface area contributed by atoms with Crippen LogP contribution in [0.3, 0.4) is 0 Å². The number of anilines is 1. The van der Waals surface area contributed by atoms with Gasteiger partial charge in [0.2, 0.25) is 0 Å². The Morgan fingerprint density at radius 1 is 1.19 bits per heavy atom. The first-order valence-electron chi connectivity index (χ1n) is 10.3. The number of carbonyl (C=O) groups is 1. The van der Waals surface area contributed by atoms with Crippen molar-refractivity contribution in [1.29, 1.82) is 0 Å². The third-order valence-electron chi connectivity index (χ3n) is 5.53. The zero-order valence-electron chi connectivity index (χ0n) is 18.3. The van der Waals surface area contributed by atoms with Gasteiger partial charge in [-0.25, -0.2) is 8.42 Å². The van der Waals surface area contributed by atoms with Crippen molar-refractivity contribution < 1.29 is 17.9 Å². The number of hydrogen-bond acceptors (Lipinski definition) is 5. The molecule has 2 aromatic rings. The van der Waals surface area contributed by atoms with E-state index in [4.69, 9.17) is 16.3 Å². The summed E-state index contributed by atoms with van der Waals surface area (Å²) in [6.07, 6.45) is -0.318. The Hall–Kier alpha value is -2.25. The second-order valence-corrected chi connectivity index (χ2v) is 10.9. The van der Waals surface area contributed by atoms with E-state index in [0.29, 0.717) is 23.7 Å². The van der Waals surface area contributed by atoms with Gasteiger partial charge in [-0.3, -0.25) is 4.79 Å². The fourth-order valence-electron chi connectivity index (χ4n) is 3.68. The minimum atomic E-state index is -3.14. The molecule has 1 aliphatic rings. The number of halogens is 1. The van der Waals surface area contributed by atoms with Crippen LogP contribution in [0.2, 0.25) is 5.02 Å². The molecule has 0 N–H and O–H groups in total. The number of benzene rings is 2. The quantitative estimate of drug-likeness (QED) is 0.625. The van der Waals surface area contributed by atoms with E-state index in [-0.39, 0.29) is 23.5 Å². The van der Waals surface area contributed by atoms with Crippen molar-refractivity contribution >= 4 is 33.0 Å². The van der Waals surface area contributed by atoms with E-state index < -0.39 is 15.9 Å². The molecule has 0 saturated carbocycles. The van der Waals surface area contributed by atoms with Gasteiger partial charge in [0, 0.05) is 37.4 Å². The van der Waals surface area contributed by atoms with E-state index in [9.17, 15) is 13.2 Å². The molecule has 1 fully saturated rings. The van der Waals surface area contributed by atoms with Gasteiger partial charge in [-0.2, -0.15) is 0 Å². The maximum Gasteiger partial charge on any atom is 0.263 e. The average molecular weight is 465 g/mol. The maximum atomic E-state index is 13.3. The summed E-state index contributed by atoms with van der Waals surface area (Å²) in [6.45, 7) is 3.90. The number of rotatable bonds is 7. The third-order valence-corrected chi connectivity index (χ3v) is 7.70. The number of sulfone groups is 1. The standard InChI is InChI=1S/C23H29ClN2O4S/c1-16-13-21(9-10-22(16)24)30-17(2)23(27)26(20-11-12-31(28,29)15-20)14-18-5-7-19(8-6-18)25(3)4/h5-10,13,17,20H,11-12,14-15H2,1-4H3/t17-,20-/m0/s1. The van der Waals surface area contributed by atoms with Crippen LogP contribution in [0.4, 0.5) is 5.69 Å². The van der Waals surface area contributed by atoms with Crippen LogP contribution in [-0.2, 0) is 21.2 Å². The summed E-state index contributed by atoms with van der Waals surface area (Å²) < 4.78 is 30.1. The molecule has 1 amide bonds. The van der Waals surface area contributed by atoms with Crippen LogP contribution in [0, 0.1) is 6.92 Å². The zero-order valence-corrected chi connectivity index (χ0v) is 19.9. The van der Waals surface area contributed by atoms with Gasteiger partial charge >= 0.3 is 0 Å². The Bertz CT molecular complexity index is 1040. The van der Waals surface area contributed by atoms with Crippen LogP contribution in [-0.4, -0.2) is 57.0 Å². The summed E-state index contributed by atoms with van der Waals surface area (Å²) in [4.78, 5) is 17.0. The van der Waals surface area contributed by atoms with Gasteiger partial charge in [0.05, 0.1) is 11.5 Å². The second-order valence-electron chi connectivity index (χ2n) is 8.25. The molecule has 0 bridgehead atoms. The number of hydrogen-bond donors (Lipinski definition) is 0. The SMILES string of the molecule is Cc1cc(O[C@@H](C)C(=O)N(Cc2ccc(N(C)C)cc2)[C@H]2CCS(=O)(=O)C2)ccc1Cl. The molecule has 1 saturated heterocycles. The van der Waals surface area contributed by atoms with Gasteiger partial charge in [0.25, 0.3) is 5.91 Å². The molecule has 0 radical (unpaired) electrons. The summed E-state index contributed by atoms with van der Waals surface area (Å²) in [5.41, 5.74) is 2.86. The number of ether oxygens (including phenoxy) is 1. The van der Waals surface area contributed by atoms with Crippen LogP contribution in [0.25, 0.3) is 0 Å². The van der Waals surface area contributed by atoms with E-state index in [1.54, 1.807) is 30.0 Å². The molecule has 0 spiro atoms. The monoisotopic (exact) mass is 464 g/mol. The van der Waals surface area contributed by atoms with E-state index >= 15 is 0 Å². The van der Waals surface area contributed by atoms with Gasteiger partial charge in [0.1, 0.15) is 5.75 Å². The fourth-order valence-corrected chi connectivity index (χ4v) is 5.53. The van der Waals surface area contributed by atoms with Gasteiger partial charge in [0.15, 0.2) is 15.9 Å². The molecule has 0 aliphatic carbocycles. The molecule has 6 nitrogen and oxygen atoms in total. The first-order valence-corrected chi connectivity index (χ1v) is 12.5. The summed E-state index contributed by atoms with van der Waals surface area (Å²) in [5, 5.41) is 0.630. The molecule has 3 rings (SSSR count). The molecule has 2 aromatic carbocycles. The molecule has 0 unspecified atom stereocenters. The molecule has 1 heterocycles. The minimum Gasteiger partial charge on any atom is -0.481 e. The Kier molecular flexibility index (Phi) is 7.17. The number of aryl methyl sites for hydroxylation is 1. The highest BCUT2D eigenvalue weighted by molar-refractivity contribution is 7.91. The van der Waals surface area contributed by atoms with Crippen molar-refractivity contribution in [2.75, 3.05) is 30.5 Å². The predicted molar refractivity (Wildman–Crippen MR) is 125 cm³/mol. The molecular weight excluding hydrogens is 436 g/mol. The lowest BCUT2D eigenvalue weighted by atomic mass is 10.1. The van der Waals surface area contributed by atoms with Crippen LogP contribution in [0.15, 0.2) is 42.5 Å². The van der Waals surface area contributed by atoms with Gasteiger partial charge in [-0.15, -0.1) is 0 Å². The lowest BCUT2D eigenvalue weighted by Crippen LogP contribution is -2.46. The topological polar surface area (TPSA) is 66.9 Å². The van der Waals surface area contributed by atoms with Crippen molar-refractivity contribution in [2.45, 2.75) is 39.0 Å². The van der Waals surface area contributed by atoms with E-state index in [0.717, 1.165) is 16.8 Å². The fraction of sp³-hybridized carbons (Fsp3) is 0.435. The van der Waals surface area contributed by atoms with Gasteiger partial charge in [-0.1, -0.05) is 23.7 Å². The van der Waals surface area contributed by atoms with E-state index in [1.807, 2.05) is 50.2 Å². The average Bonchev–Trinajstić information content (AvgIpc) is 3.08. The van der Waals surface area contributed by atoms with Crippen molar-refractivity contribution in [2.24, 2.45) is 0 Å². The highest BCUT2D eigenvalue weighted by Gasteiger charge is 2.36. The number of carbonyl (C=O) groups excluding carboxylic acids is 1.